The van der Waals surface area contributed by atoms with Gasteiger partial charge in [-0.1, -0.05) is 18.2 Å². The number of rotatable bonds is 4. The van der Waals surface area contributed by atoms with Crippen LogP contribution in [0, 0.1) is 6.92 Å². The Morgan fingerprint density at radius 1 is 1.14 bits per heavy atom. The minimum Gasteiger partial charge on any atom is -0.496 e. The molecule has 0 aliphatic heterocycles. The molecule has 0 fully saturated rings. The fourth-order valence-electron chi connectivity index (χ4n) is 3.38. The smallest absolute Gasteiger partial charge is 0.273 e. The van der Waals surface area contributed by atoms with E-state index in [-0.39, 0.29) is 11.5 Å². The molecule has 4 rings (SSSR count). The van der Waals surface area contributed by atoms with E-state index in [0.29, 0.717) is 28.3 Å². The summed E-state index contributed by atoms with van der Waals surface area (Å²) in [4.78, 5) is 27.4. The largest absolute Gasteiger partial charge is 0.496 e. The monoisotopic (exact) mass is 388 g/mol. The number of H-pyrrole nitrogens is 1. The molecule has 0 atom stereocenters. The van der Waals surface area contributed by atoms with Gasteiger partial charge in [-0.25, -0.2) is 0 Å². The zero-order valence-corrected chi connectivity index (χ0v) is 16.3. The number of aromatic amines is 1. The molecule has 0 spiro atoms. The highest BCUT2D eigenvalue weighted by Crippen LogP contribution is 2.29. The van der Waals surface area contributed by atoms with Gasteiger partial charge in [-0.2, -0.15) is 5.10 Å². The Bertz CT molecular complexity index is 1290. The topological polar surface area (TPSA) is 89.0 Å². The van der Waals surface area contributed by atoms with Gasteiger partial charge in [0, 0.05) is 29.8 Å². The Kier molecular flexibility index (Phi) is 4.64. The molecule has 2 aromatic heterocycles. The molecular weight excluding hydrogens is 368 g/mol. The van der Waals surface area contributed by atoms with Crippen molar-refractivity contribution in [1.82, 2.24) is 14.8 Å². The average molecular weight is 388 g/mol. The first-order valence-corrected chi connectivity index (χ1v) is 9.09. The van der Waals surface area contributed by atoms with Gasteiger partial charge in [0.25, 0.3) is 5.91 Å². The molecule has 2 N–H and O–H groups in total. The number of carbonyl (C=O) groups excluding carboxylic acids is 1. The second kappa shape index (κ2) is 7.27. The number of carbonyl (C=O) groups is 1. The lowest BCUT2D eigenvalue weighted by Gasteiger charge is -2.07. The van der Waals surface area contributed by atoms with Crippen molar-refractivity contribution in [3.05, 3.63) is 76.2 Å². The number of anilines is 1. The van der Waals surface area contributed by atoms with E-state index in [0.717, 1.165) is 16.5 Å². The van der Waals surface area contributed by atoms with Gasteiger partial charge in [-0.15, -0.1) is 0 Å². The maximum atomic E-state index is 12.8. The van der Waals surface area contributed by atoms with Crippen LogP contribution >= 0.6 is 0 Å². The first kappa shape index (κ1) is 18.5. The molecule has 0 aliphatic rings. The molecule has 0 saturated heterocycles. The van der Waals surface area contributed by atoms with Crippen LogP contribution in [0.15, 0.2) is 59.4 Å². The Hall–Kier alpha value is -3.87. The van der Waals surface area contributed by atoms with E-state index in [1.165, 1.54) is 4.68 Å². The Morgan fingerprint density at radius 2 is 1.93 bits per heavy atom. The van der Waals surface area contributed by atoms with Crippen molar-refractivity contribution < 1.29 is 9.53 Å². The lowest BCUT2D eigenvalue weighted by Crippen LogP contribution is -2.16. The van der Waals surface area contributed by atoms with Crippen LogP contribution in [0.5, 0.6) is 5.75 Å². The van der Waals surface area contributed by atoms with Gasteiger partial charge < -0.3 is 15.0 Å². The first-order chi connectivity index (χ1) is 14.0. The summed E-state index contributed by atoms with van der Waals surface area (Å²) in [6.07, 6.45) is 0. The summed E-state index contributed by atoms with van der Waals surface area (Å²) in [7, 11) is 3.32. The summed E-state index contributed by atoms with van der Waals surface area (Å²) in [5.41, 5.74) is 3.83. The van der Waals surface area contributed by atoms with Gasteiger partial charge in [0.1, 0.15) is 11.4 Å². The molecule has 0 radical (unpaired) electrons. The number of ether oxygens (including phenoxy) is 1. The molecule has 1 amide bonds. The lowest BCUT2D eigenvalue weighted by atomic mass is 10.1. The van der Waals surface area contributed by atoms with Crippen LogP contribution in [0.4, 0.5) is 5.69 Å². The minimum absolute atomic E-state index is 0.174. The van der Waals surface area contributed by atoms with Crippen LogP contribution in [-0.2, 0) is 7.05 Å². The van der Waals surface area contributed by atoms with Crippen molar-refractivity contribution in [2.75, 3.05) is 12.4 Å². The molecule has 0 bridgehead atoms. The van der Waals surface area contributed by atoms with E-state index < -0.39 is 0 Å². The third-order valence-corrected chi connectivity index (χ3v) is 4.80. The minimum atomic E-state index is -0.296. The van der Waals surface area contributed by atoms with Crippen LogP contribution in [0.2, 0.25) is 0 Å². The van der Waals surface area contributed by atoms with E-state index in [1.807, 2.05) is 43.3 Å². The van der Waals surface area contributed by atoms with Crippen molar-refractivity contribution in [1.29, 1.82) is 0 Å². The number of methoxy groups -OCH3 is 1. The molecule has 0 aliphatic carbocycles. The number of nitrogens with zero attached hydrogens (tertiary/aromatic N) is 2. The molecular formula is C22H20N4O3. The Morgan fingerprint density at radius 3 is 2.72 bits per heavy atom. The van der Waals surface area contributed by atoms with Crippen molar-refractivity contribution in [3.63, 3.8) is 0 Å². The predicted molar refractivity (Wildman–Crippen MR) is 112 cm³/mol. The quantitative estimate of drug-likeness (QED) is 0.560. The SMILES string of the molecule is COc1ccccc1-c1cc(C(=O)Nc2ccc3c(C)cc(=O)[nH]c3c2)n(C)n1. The summed E-state index contributed by atoms with van der Waals surface area (Å²) >= 11 is 0. The van der Waals surface area contributed by atoms with Crippen LogP contribution in [0.1, 0.15) is 16.1 Å². The normalized spacial score (nSPS) is 10.9. The molecule has 2 heterocycles. The second-order valence-electron chi connectivity index (χ2n) is 6.77. The van der Waals surface area contributed by atoms with Gasteiger partial charge in [0.15, 0.2) is 0 Å². The van der Waals surface area contributed by atoms with E-state index in [1.54, 1.807) is 32.4 Å². The molecule has 2 aromatic carbocycles. The van der Waals surface area contributed by atoms with Crippen molar-refractivity contribution in [3.8, 4) is 17.0 Å². The summed E-state index contributed by atoms with van der Waals surface area (Å²) in [5, 5.41) is 8.26. The summed E-state index contributed by atoms with van der Waals surface area (Å²) in [6, 6.07) is 16.2. The van der Waals surface area contributed by atoms with Crippen LogP contribution in [0.3, 0.4) is 0 Å². The number of nitrogens with one attached hydrogen (secondary N) is 2. The van der Waals surface area contributed by atoms with Gasteiger partial charge in [0.2, 0.25) is 5.56 Å². The first-order valence-electron chi connectivity index (χ1n) is 9.09. The summed E-state index contributed by atoms with van der Waals surface area (Å²) in [6.45, 7) is 1.88. The number of hydrogen-bond acceptors (Lipinski definition) is 4. The number of aromatic nitrogens is 3. The fraction of sp³-hybridized carbons (Fsp3) is 0.136. The Balaban J connectivity index is 1.65. The second-order valence-corrected chi connectivity index (χ2v) is 6.77. The fourth-order valence-corrected chi connectivity index (χ4v) is 3.38. The lowest BCUT2D eigenvalue weighted by molar-refractivity contribution is 0.101. The molecule has 146 valence electrons. The van der Waals surface area contributed by atoms with Crippen molar-refractivity contribution in [2.24, 2.45) is 7.05 Å². The number of benzene rings is 2. The van der Waals surface area contributed by atoms with Crippen molar-refractivity contribution >= 4 is 22.5 Å². The number of para-hydroxylation sites is 1. The molecule has 0 unspecified atom stereocenters. The molecule has 4 aromatic rings. The highest BCUT2D eigenvalue weighted by Gasteiger charge is 2.17. The van der Waals surface area contributed by atoms with Crippen LogP contribution < -0.4 is 15.6 Å². The van der Waals surface area contributed by atoms with E-state index in [2.05, 4.69) is 15.4 Å². The molecule has 7 heteroatoms. The van der Waals surface area contributed by atoms with E-state index in [9.17, 15) is 9.59 Å². The highest BCUT2D eigenvalue weighted by molar-refractivity contribution is 6.04. The third-order valence-electron chi connectivity index (χ3n) is 4.80. The maximum absolute atomic E-state index is 12.8. The number of hydrogen-bond donors (Lipinski definition) is 2. The standard InChI is InChI=1S/C22H20N4O3/c1-13-10-21(27)24-17-11-14(8-9-15(13)17)23-22(28)19-12-18(25-26(19)2)16-6-4-5-7-20(16)29-3/h4-12H,1-3H3,(H,23,28)(H,24,27). The van der Waals surface area contributed by atoms with Crippen LogP contribution in [-0.4, -0.2) is 27.8 Å². The van der Waals surface area contributed by atoms with Gasteiger partial charge in [-0.05, 0) is 42.8 Å². The number of fused-ring (bicyclic) bond motifs is 1. The Labute approximate surface area is 167 Å². The van der Waals surface area contributed by atoms with Crippen LogP contribution in [0.25, 0.3) is 22.2 Å². The summed E-state index contributed by atoms with van der Waals surface area (Å²) < 4.78 is 6.92. The highest BCUT2D eigenvalue weighted by atomic mass is 16.5. The number of amides is 1. The third kappa shape index (κ3) is 3.50. The zero-order valence-electron chi connectivity index (χ0n) is 16.3. The molecule has 29 heavy (non-hydrogen) atoms. The van der Waals surface area contributed by atoms with Gasteiger partial charge in [-0.3, -0.25) is 14.3 Å². The van der Waals surface area contributed by atoms with Gasteiger partial charge >= 0.3 is 0 Å². The zero-order chi connectivity index (χ0) is 20.5. The van der Waals surface area contributed by atoms with E-state index >= 15 is 0 Å². The molecule has 7 nitrogen and oxygen atoms in total. The predicted octanol–water partition coefficient (Wildman–Crippen LogP) is 3.50. The van der Waals surface area contributed by atoms with E-state index in [4.69, 9.17) is 4.74 Å². The summed E-state index contributed by atoms with van der Waals surface area (Å²) in [5.74, 6) is 0.391. The van der Waals surface area contributed by atoms with Crippen molar-refractivity contribution in [2.45, 2.75) is 6.92 Å². The maximum Gasteiger partial charge on any atom is 0.273 e. The van der Waals surface area contributed by atoms with Gasteiger partial charge in [0.05, 0.1) is 18.3 Å². The number of pyridine rings is 1. The average Bonchev–Trinajstić information content (AvgIpc) is 3.09. The number of aryl methyl sites for hydroxylation is 2. The molecule has 0 saturated carbocycles.